The summed E-state index contributed by atoms with van der Waals surface area (Å²) in [4.78, 5) is 26.6. The van der Waals surface area contributed by atoms with Crippen LogP contribution in [0.5, 0.6) is 5.75 Å². The van der Waals surface area contributed by atoms with Crippen molar-refractivity contribution in [2.45, 2.75) is 13.0 Å². The van der Waals surface area contributed by atoms with Gasteiger partial charge in [-0.2, -0.15) is 0 Å². The summed E-state index contributed by atoms with van der Waals surface area (Å²) in [6.07, 6.45) is -1.12. The average Bonchev–Trinajstić information content (AvgIpc) is 3.24. The summed E-state index contributed by atoms with van der Waals surface area (Å²) in [5, 5.41) is 0.292. The number of aryl methyl sites for hydroxylation is 2. The van der Waals surface area contributed by atoms with Crippen molar-refractivity contribution >= 4 is 10.9 Å². The van der Waals surface area contributed by atoms with Gasteiger partial charge >= 0.3 is 5.69 Å². The number of aromatic nitrogens is 3. The minimum atomic E-state index is -1.12. The highest BCUT2D eigenvalue weighted by Gasteiger charge is 2.37. The van der Waals surface area contributed by atoms with Crippen LogP contribution in [-0.2, 0) is 14.1 Å². The van der Waals surface area contributed by atoms with E-state index in [1.807, 2.05) is 47.9 Å². The molecule has 1 unspecified atom stereocenters. The largest absolute Gasteiger partial charge is 0.477 e. The molecule has 1 aliphatic rings. The maximum atomic E-state index is 15.2. The van der Waals surface area contributed by atoms with E-state index >= 15 is 4.39 Å². The molecule has 0 radical (unpaired) electrons. The van der Waals surface area contributed by atoms with Gasteiger partial charge in [-0.05, 0) is 30.7 Å². The molecule has 0 N–H and O–H groups in total. The van der Waals surface area contributed by atoms with Crippen molar-refractivity contribution in [3.63, 3.8) is 0 Å². The molecule has 0 fully saturated rings. The predicted molar refractivity (Wildman–Crippen MR) is 133 cm³/mol. The van der Waals surface area contributed by atoms with Crippen LogP contribution < -0.4 is 16.0 Å². The van der Waals surface area contributed by atoms with E-state index in [1.165, 1.54) is 23.7 Å². The first kappa shape index (κ1) is 22.0. The zero-order chi connectivity index (χ0) is 25.3. The van der Waals surface area contributed by atoms with Gasteiger partial charge in [-0.3, -0.25) is 13.9 Å². The second-order valence-corrected chi connectivity index (χ2v) is 8.97. The Morgan fingerprint density at radius 2 is 1.58 bits per heavy atom. The number of rotatable bonds is 2. The first-order chi connectivity index (χ1) is 17.3. The fourth-order valence-electron chi connectivity index (χ4n) is 5.03. The van der Waals surface area contributed by atoms with Gasteiger partial charge in [0.15, 0.2) is 17.7 Å². The third kappa shape index (κ3) is 2.94. The zero-order valence-corrected chi connectivity index (χ0v) is 19.8. The summed E-state index contributed by atoms with van der Waals surface area (Å²) in [5.41, 5.74) is 2.59. The highest BCUT2D eigenvalue weighted by molar-refractivity contribution is 5.98. The zero-order valence-electron chi connectivity index (χ0n) is 19.8. The maximum Gasteiger partial charge on any atom is 0.331 e. The molecular formula is C28H21F2N3O3. The lowest BCUT2D eigenvalue weighted by molar-refractivity contribution is 0.222. The minimum Gasteiger partial charge on any atom is -0.477 e. The summed E-state index contributed by atoms with van der Waals surface area (Å²) in [6, 6.07) is 18.7. The molecule has 2 aromatic heterocycles. The van der Waals surface area contributed by atoms with Gasteiger partial charge in [0.2, 0.25) is 0 Å². The van der Waals surface area contributed by atoms with E-state index in [4.69, 9.17) is 4.74 Å². The number of benzene rings is 3. The Morgan fingerprint density at radius 3 is 2.33 bits per heavy atom. The van der Waals surface area contributed by atoms with Gasteiger partial charge < -0.3 is 9.30 Å². The quantitative estimate of drug-likeness (QED) is 0.362. The highest BCUT2D eigenvalue weighted by Crippen LogP contribution is 2.47. The van der Waals surface area contributed by atoms with Crippen LogP contribution in [0.1, 0.15) is 22.9 Å². The normalized spacial score (nSPS) is 14.4. The molecule has 1 atom stereocenters. The van der Waals surface area contributed by atoms with Crippen LogP contribution in [-0.4, -0.2) is 13.7 Å². The molecule has 5 aromatic rings. The Hall–Kier alpha value is -4.46. The van der Waals surface area contributed by atoms with Crippen molar-refractivity contribution in [2.24, 2.45) is 14.1 Å². The van der Waals surface area contributed by atoms with E-state index < -0.39 is 29.0 Å². The number of fused-ring (bicyclic) bond motifs is 5. The fourth-order valence-corrected chi connectivity index (χ4v) is 5.03. The smallest absolute Gasteiger partial charge is 0.331 e. The molecule has 36 heavy (non-hydrogen) atoms. The lowest BCUT2D eigenvalue weighted by Crippen LogP contribution is -2.37. The molecule has 6 nitrogen and oxygen atoms in total. The van der Waals surface area contributed by atoms with Gasteiger partial charge in [0.1, 0.15) is 5.75 Å². The summed E-state index contributed by atoms with van der Waals surface area (Å²) >= 11 is 0. The molecular weight excluding hydrogens is 464 g/mol. The number of ether oxygens (including phenoxy) is 1. The summed E-state index contributed by atoms with van der Waals surface area (Å²) in [5.74, 6) is -1.62. The summed E-state index contributed by atoms with van der Waals surface area (Å²) in [6.45, 7) is 1.96. The van der Waals surface area contributed by atoms with Crippen molar-refractivity contribution in [2.75, 3.05) is 0 Å². The Bertz CT molecular complexity index is 1810. The number of nitrogens with zero attached hydrogens (tertiary/aromatic N) is 3. The van der Waals surface area contributed by atoms with Crippen molar-refractivity contribution < 1.29 is 13.5 Å². The number of hydrogen-bond donors (Lipinski definition) is 0. The Kier molecular flexibility index (Phi) is 4.76. The molecule has 3 aromatic carbocycles. The molecule has 180 valence electrons. The highest BCUT2D eigenvalue weighted by atomic mass is 19.2. The molecule has 0 amide bonds. The SMILES string of the molecule is Cc1ccc(-c2c3c(=O)n(C)c(=O)n(C)c3c3n2-c2ccccc2OC3c2cccc(F)c2F)cc1. The van der Waals surface area contributed by atoms with E-state index in [0.717, 1.165) is 21.8 Å². The van der Waals surface area contributed by atoms with E-state index in [-0.39, 0.29) is 5.56 Å². The Labute approximate surface area is 204 Å². The van der Waals surface area contributed by atoms with Gasteiger partial charge in [0.25, 0.3) is 5.56 Å². The Morgan fingerprint density at radius 1 is 0.861 bits per heavy atom. The van der Waals surface area contributed by atoms with Crippen molar-refractivity contribution in [1.82, 2.24) is 13.7 Å². The number of halogens is 2. The van der Waals surface area contributed by atoms with Crippen molar-refractivity contribution in [3.05, 3.63) is 116 Å². The third-order valence-corrected chi connectivity index (χ3v) is 6.80. The van der Waals surface area contributed by atoms with Crippen LogP contribution >= 0.6 is 0 Å². The Balaban J connectivity index is 1.87. The molecule has 0 aliphatic carbocycles. The standard InChI is InChI=1S/C28H21F2N3O3/c1-15-11-13-16(14-12-15)23-21-24(31(2)28(35)32(3)27(21)34)25-26(17-7-6-8-18(29)22(17)30)36-20-10-5-4-9-19(20)33(23)25/h4-14,26H,1-3H3. The third-order valence-electron chi connectivity index (χ3n) is 6.80. The first-order valence-electron chi connectivity index (χ1n) is 11.4. The lowest BCUT2D eigenvalue weighted by atomic mass is 10.0. The van der Waals surface area contributed by atoms with Gasteiger partial charge in [0.05, 0.1) is 28.0 Å². The molecule has 8 heteroatoms. The van der Waals surface area contributed by atoms with E-state index in [9.17, 15) is 14.0 Å². The first-order valence-corrected chi connectivity index (χ1v) is 11.4. The van der Waals surface area contributed by atoms with E-state index in [2.05, 4.69) is 0 Å². The van der Waals surface area contributed by atoms with Crippen LogP contribution in [0.15, 0.2) is 76.3 Å². The topological polar surface area (TPSA) is 58.2 Å². The summed E-state index contributed by atoms with van der Waals surface area (Å²) < 4.78 is 40.0. The molecule has 3 heterocycles. The van der Waals surface area contributed by atoms with Crippen LogP contribution in [0.25, 0.3) is 27.8 Å². The van der Waals surface area contributed by atoms with Gasteiger partial charge in [0, 0.05) is 19.7 Å². The molecule has 0 spiro atoms. The van der Waals surface area contributed by atoms with E-state index in [1.54, 1.807) is 19.2 Å². The van der Waals surface area contributed by atoms with Crippen LogP contribution in [0.2, 0.25) is 0 Å². The summed E-state index contributed by atoms with van der Waals surface area (Å²) in [7, 11) is 2.98. The predicted octanol–water partition coefficient (Wildman–Crippen LogP) is 4.76. The van der Waals surface area contributed by atoms with Gasteiger partial charge in [-0.25, -0.2) is 13.6 Å². The minimum absolute atomic E-state index is 0.0336. The molecule has 0 bridgehead atoms. The lowest BCUT2D eigenvalue weighted by Gasteiger charge is -2.30. The molecule has 6 rings (SSSR count). The second-order valence-electron chi connectivity index (χ2n) is 8.97. The maximum absolute atomic E-state index is 15.2. The van der Waals surface area contributed by atoms with Crippen LogP contribution in [0.4, 0.5) is 8.78 Å². The van der Waals surface area contributed by atoms with Gasteiger partial charge in [-0.15, -0.1) is 0 Å². The second kappa shape index (κ2) is 7.78. The average molecular weight is 485 g/mol. The van der Waals surface area contributed by atoms with Gasteiger partial charge in [-0.1, -0.05) is 54.1 Å². The van der Waals surface area contributed by atoms with Crippen LogP contribution in [0.3, 0.4) is 0 Å². The van der Waals surface area contributed by atoms with E-state index in [0.29, 0.717) is 33.7 Å². The monoisotopic (exact) mass is 485 g/mol. The van der Waals surface area contributed by atoms with Crippen molar-refractivity contribution in [3.8, 4) is 22.7 Å². The molecule has 0 saturated carbocycles. The molecule has 0 saturated heterocycles. The van der Waals surface area contributed by atoms with Crippen LogP contribution in [0, 0.1) is 18.6 Å². The fraction of sp³-hybridized carbons (Fsp3) is 0.143. The number of hydrogen-bond acceptors (Lipinski definition) is 3. The molecule has 1 aliphatic heterocycles. The van der Waals surface area contributed by atoms with Crippen molar-refractivity contribution in [1.29, 1.82) is 0 Å². The number of para-hydroxylation sites is 2.